The molecular formula is C19H18N4O14. The van der Waals surface area contributed by atoms with E-state index in [0.717, 1.165) is 0 Å². The molecule has 0 aliphatic heterocycles. The molecule has 0 aliphatic carbocycles. The van der Waals surface area contributed by atoms with E-state index in [1.807, 2.05) is 0 Å². The van der Waals surface area contributed by atoms with Gasteiger partial charge in [0, 0.05) is 24.3 Å². The van der Waals surface area contributed by atoms with Gasteiger partial charge in [-0.1, -0.05) is 0 Å². The highest BCUT2D eigenvalue weighted by Gasteiger charge is 2.60. The SMILES string of the molecule is O=C(O)C(C(n1c(O)cc(O)c1O)n1c(O)cc(O)c1O)(n1c(O)cc(O)c1O)n1c(O)cc(O)c1O. The number of carboxylic acid groups (broad SMARTS) is 1. The Morgan fingerprint density at radius 3 is 1.05 bits per heavy atom. The molecule has 198 valence electrons. The average molecular weight is 526 g/mol. The van der Waals surface area contributed by atoms with Crippen molar-refractivity contribution in [2.45, 2.75) is 11.8 Å². The second-order valence-corrected chi connectivity index (χ2v) is 7.66. The third-order valence-corrected chi connectivity index (χ3v) is 5.66. The number of hydrogen-bond donors (Lipinski definition) is 13. The molecule has 0 atom stereocenters. The highest BCUT2D eigenvalue weighted by atomic mass is 16.4. The van der Waals surface area contributed by atoms with Gasteiger partial charge in [-0.15, -0.1) is 0 Å². The first-order chi connectivity index (χ1) is 17.2. The smallest absolute Gasteiger partial charge is 0.356 e. The lowest BCUT2D eigenvalue weighted by Crippen LogP contribution is -2.56. The Balaban J connectivity index is 2.38. The fourth-order valence-corrected chi connectivity index (χ4v) is 4.19. The van der Waals surface area contributed by atoms with E-state index in [1.165, 1.54) is 0 Å². The van der Waals surface area contributed by atoms with Crippen LogP contribution in [-0.2, 0) is 10.5 Å². The van der Waals surface area contributed by atoms with Gasteiger partial charge in [-0.2, -0.15) is 0 Å². The predicted octanol–water partition coefficient (Wildman–Crippen LogP) is -0.607. The van der Waals surface area contributed by atoms with E-state index in [9.17, 15) is 71.2 Å². The monoisotopic (exact) mass is 526 g/mol. The largest absolute Gasteiger partial charge is 0.503 e. The van der Waals surface area contributed by atoms with Crippen molar-refractivity contribution >= 4 is 5.97 Å². The molecule has 0 bridgehead atoms. The average Bonchev–Trinajstić information content (AvgIpc) is 3.40. The molecule has 0 aliphatic rings. The summed E-state index contributed by atoms with van der Waals surface area (Å²) in [7, 11) is 0. The number of hydrogen-bond acceptors (Lipinski definition) is 13. The molecule has 4 aromatic rings. The highest BCUT2D eigenvalue weighted by Crippen LogP contribution is 2.55. The number of carboxylic acids is 1. The first-order valence-electron chi connectivity index (χ1n) is 9.71. The van der Waals surface area contributed by atoms with Gasteiger partial charge >= 0.3 is 5.97 Å². The summed E-state index contributed by atoms with van der Waals surface area (Å²) in [5, 5.41) is 135. The maximum Gasteiger partial charge on any atom is 0.356 e. The van der Waals surface area contributed by atoms with E-state index in [0.29, 0.717) is 24.3 Å². The maximum atomic E-state index is 13.2. The van der Waals surface area contributed by atoms with Crippen LogP contribution in [0.2, 0.25) is 0 Å². The summed E-state index contributed by atoms with van der Waals surface area (Å²) in [6.45, 7) is 0. The lowest BCUT2D eigenvalue weighted by molar-refractivity contribution is -0.155. The van der Waals surface area contributed by atoms with Gasteiger partial charge in [-0.25, -0.2) is 13.9 Å². The molecule has 0 fully saturated rings. The summed E-state index contributed by atoms with van der Waals surface area (Å²) < 4.78 is -0.0947. The van der Waals surface area contributed by atoms with E-state index in [1.54, 1.807) is 0 Å². The van der Waals surface area contributed by atoms with Crippen molar-refractivity contribution in [1.82, 2.24) is 18.3 Å². The molecule has 0 radical (unpaired) electrons. The fraction of sp³-hybridized carbons (Fsp3) is 0.105. The van der Waals surface area contributed by atoms with E-state index in [2.05, 4.69) is 0 Å². The Morgan fingerprint density at radius 1 is 0.541 bits per heavy atom. The minimum absolute atomic E-state index is 0.0637. The highest BCUT2D eigenvalue weighted by molar-refractivity contribution is 5.80. The normalized spacial score (nSPS) is 11.9. The molecule has 0 spiro atoms. The predicted molar refractivity (Wildman–Crippen MR) is 113 cm³/mol. The van der Waals surface area contributed by atoms with Crippen molar-refractivity contribution in [3.8, 4) is 70.0 Å². The molecule has 4 rings (SSSR count). The molecule has 18 heteroatoms. The molecule has 18 nitrogen and oxygen atoms in total. The van der Waals surface area contributed by atoms with Crippen molar-refractivity contribution in [3.05, 3.63) is 24.3 Å². The molecule has 13 N–H and O–H groups in total. The van der Waals surface area contributed by atoms with Crippen molar-refractivity contribution < 1.29 is 71.2 Å². The van der Waals surface area contributed by atoms with Gasteiger partial charge in [0.25, 0.3) is 5.66 Å². The van der Waals surface area contributed by atoms with E-state index in [4.69, 9.17) is 0 Å². The summed E-state index contributed by atoms with van der Waals surface area (Å²) in [4.78, 5) is 13.2. The lowest BCUT2D eigenvalue weighted by Gasteiger charge is -2.41. The van der Waals surface area contributed by atoms with Crippen LogP contribution in [0.4, 0.5) is 0 Å². The number of nitrogens with zero attached hydrogens (tertiary/aromatic N) is 4. The number of carbonyl (C=O) groups is 1. The van der Waals surface area contributed by atoms with Gasteiger partial charge in [0.2, 0.25) is 23.5 Å². The van der Waals surface area contributed by atoms with Crippen molar-refractivity contribution in [2.75, 3.05) is 0 Å². The molecule has 0 saturated heterocycles. The van der Waals surface area contributed by atoms with Crippen LogP contribution in [0.15, 0.2) is 24.3 Å². The summed E-state index contributed by atoms with van der Waals surface area (Å²) in [6.07, 6.45) is -2.79. The minimum Gasteiger partial charge on any atom is -0.503 e. The van der Waals surface area contributed by atoms with Gasteiger partial charge in [-0.05, 0) is 0 Å². The van der Waals surface area contributed by atoms with Crippen molar-refractivity contribution in [3.63, 3.8) is 0 Å². The molecular weight excluding hydrogens is 508 g/mol. The van der Waals surface area contributed by atoms with Crippen molar-refractivity contribution in [2.24, 2.45) is 0 Å². The maximum absolute atomic E-state index is 13.2. The van der Waals surface area contributed by atoms with E-state index in [-0.39, 0.29) is 18.3 Å². The molecule has 0 saturated carbocycles. The zero-order valence-corrected chi connectivity index (χ0v) is 17.9. The van der Waals surface area contributed by atoms with Crippen LogP contribution >= 0.6 is 0 Å². The van der Waals surface area contributed by atoms with Gasteiger partial charge < -0.3 is 66.4 Å². The van der Waals surface area contributed by atoms with Crippen molar-refractivity contribution in [1.29, 1.82) is 0 Å². The molecule has 0 aromatic carbocycles. The summed E-state index contributed by atoms with van der Waals surface area (Å²) in [6, 6.07) is 1.68. The van der Waals surface area contributed by atoms with Crippen LogP contribution < -0.4 is 0 Å². The second kappa shape index (κ2) is 7.60. The number of aromatic hydroxyl groups is 12. The van der Waals surface area contributed by atoms with Crippen LogP contribution in [0.1, 0.15) is 6.17 Å². The molecule has 4 aromatic heterocycles. The number of aromatic nitrogens is 4. The van der Waals surface area contributed by atoms with E-state index >= 15 is 0 Å². The fourth-order valence-electron chi connectivity index (χ4n) is 4.19. The number of rotatable bonds is 6. The van der Waals surface area contributed by atoms with Crippen LogP contribution in [0.25, 0.3) is 0 Å². The second-order valence-electron chi connectivity index (χ2n) is 7.66. The minimum atomic E-state index is -3.70. The zero-order valence-electron chi connectivity index (χ0n) is 17.9. The molecule has 37 heavy (non-hydrogen) atoms. The lowest BCUT2D eigenvalue weighted by atomic mass is 10.0. The molecule has 0 amide bonds. The third kappa shape index (κ3) is 2.95. The first-order valence-corrected chi connectivity index (χ1v) is 9.71. The summed E-state index contributed by atoms with van der Waals surface area (Å²) >= 11 is 0. The van der Waals surface area contributed by atoms with Gasteiger partial charge in [0.05, 0.1) is 0 Å². The Labute approximate surface area is 202 Å². The number of aliphatic carboxylic acids is 1. The third-order valence-electron chi connectivity index (χ3n) is 5.66. The Hall–Kier alpha value is -5.81. The Kier molecular flexibility index (Phi) is 4.99. The standard InChI is InChI=1S/C19H18N4O14/c24-5-1-9(28)20(13(5)32)17(21-10(29)2-6(25)14(21)33)19(18(36)37,22-11(30)3-7(26)15(22)34)23-12(31)4-8(27)16(23)35/h1-4,17,24-35H,(H,36,37). The van der Waals surface area contributed by atoms with Crippen LogP contribution in [0, 0.1) is 0 Å². The Morgan fingerprint density at radius 2 is 0.838 bits per heavy atom. The topological polar surface area (TPSA) is 300 Å². The van der Waals surface area contributed by atoms with Crippen LogP contribution in [0.3, 0.4) is 0 Å². The van der Waals surface area contributed by atoms with Gasteiger partial charge in [0.15, 0.2) is 52.7 Å². The van der Waals surface area contributed by atoms with Gasteiger partial charge in [-0.3, -0.25) is 9.13 Å². The molecule has 4 heterocycles. The van der Waals surface area contributed by atoms with Crippen LogP contribution in [-0.4, -0.2) is 90.6 Å². The summed E-state index contributed by atoms with van der Waals surface area (Å²) in [5.74, 6) is -17.9. The molecule has 0 unspecified atom stereocenters. The quantitative estimate of drug-likeness (QED) is 0.149. The summed E-state index contributed by atoms with van der Waals surface area (Å²) in [5.41, 5.74) is -3.70. The van der Waals surface area contributed by atoms with E-state index < -0.39 is 87.8 Å². The van der Waals surface area contributed by atoms with Gasteiger partial charge in [0.1, 0.15) is 0 Å². The zero-order chi connectivity index (χ0) is 27.7. The Bertz CT molecular complexity index is 1450. The van der Waals surface area contributed by atoms with Crippen LogP contribution in [0.5, 0.6) is 70.0 Å². The first kappa shape index (κ1) is 24.3.